The highest BCUT2D eigenvalue weighted by molar-refractivity contribution is 5.82. The SMILES string of the molecule is CCOC(=O)C(N)(CCN1CCCC1C)c1ccccc1. The molecule has 0 aliphatic carbocycles. The first-order valence-electron chi connectivity index (χ1n) is 7.83. The van der Waals surface area contributed by atoms with Gasteiger partial charge in [-0.1, -0.05) is 30.3 Å². The molecule has 1 aromatic rings. The van der Waals surface area contributed by atoms with E-state index in [0.717, 1.165) is 18.7 Å². The van der Waals surface area contributed by atoms with Crippen LogP contribution in [0.2, 0.25) is 0 Å². The summed E-state index contributed by atoms with van der Waals surface area (Å²) in [6.45, 7) is 6.31. The van der Waals surface area contributed by atoms with Crippen LogP contribution in [0.1, 0.15) is 38.7 Å². The lowest BCUT2D eigenvalue weighted by Gasteiger charge is -2.31. The normalized spacial score (nSPS) is 22.0. The van der Waals surface area contributed by atoms with Crippen molar-refractivity contribution in [1.29, 1.82) is 0 Å². The van der Waals surface area contributed by atoms with Crippen molar-refractivity contribution in [3.63, 3.8) is 0 Å². The largest absolute Gasteiger partial charge is 0.464 e. The van der Waals surface area contributed by atoms with Gasteiger partial charge in [-0.3, -0.25) is 0 Å². The monoisotopic (exact) mass is 290 g/mol. The number of carbonyl (C=O) groups is 1. The molecule has 1 aliphatic rings. The van der Waals surface area contributed by atoms with Crippen molar-refractivity contribution in [3.8, 4) is 0 Å². The Kier molecular flexibility index (Phi) is 5.37. The molecule has 4 heteroatoms. The van der Waals surface area contributed by atoms with Crippen LogP contribution in [0.25, 0.3) is 0 Å². The first-order valence-corrected chi connectivity index (χ1v) is 7.83. The summed E-state index contributed by atoms with van der Waals surface area (Å²) >= 11 is 0. The number of ether oxygens (including phenoxy) is 1. The van der Waals surface area contributed by atoms with Crippen molar-refractivity contribution >= 4 is 5.97 Å². The number of rotatable bonds is 6. The Hall–Kier alpha value is -1.39. The van der Waals surface area contributed by atoms with Crippen LogP contribution in [0.5, 0.6) is 0 Å². The highest BCUT2D eigenvalue weighted by atomic mass is 16.5. The van der Waals surface area contributed by atoms with E-state index in [1.165, 1.54) is 12.8 Å². The van der Waals surface area contributed by atoms with Crippen LogP contribution in [0.3, 0.4) is 0 Å². The van der Waals surface area contributed by atoms with E-state index in [-0.39, 0.29) is 5.97 Å². The molecule has 2 rings (SSSR count). The average molecular weight is 290 g/mol. The third-order valence-electron chi connectivity index (χ3n) is 4.41. The molecule has 1 heterocycles. The van der Waals surface area contributed by atoms with E-state index >= 15 is 0 Å². The minimum atomic E-state index is -1.06. The van der Waals surface area contributed by atoms with E-state index in [9.17, 15) is 4.79 Å². The van der Waals surface area contributed by atoms with Gasteiger partial charge in [0, 0.05) is 12.6 Å². The predicted molar refractivity (Wildman–Crippen MR) is 83.8 cm³/mol. The van der Waals surface area contributed by atoms with Crippen molar-refractivity contribution in [3.05, 3.63) is 35.9 Å². The van der Waals surface area contributed by atoms with E-state index < -0.39 is 5.54 Å². The maximum atomic E-state index is 12.4. The van der Waals surface area contributed by atoms with Gasteiger partial charge in [0.25, 0.3) is 0 Å². The van der Waals surface area contributed by atoms with Gasteiger partial charge >= 0.3 is 5.97 Å². The van der Waals surface area contributed by atoms with Crippen molar-refractivity contribution in [2.24, 2.45) is 5.73 Å². The molecule has 1 fully saturated rings. The Morgan fingerprint density at radius 3 is 2.71 bits per heavy atom. The smallest absolute Gasteiger partial charge is 0.330 e. The summed E-state index contributed by atoms with van der Waals surface area (Å²) in [5, 5.41) is 0. The van der Waals surface area contributed by atoms with Crippen LogP contribution >= 0.6 is 0 Å². The second-order valence-corrected chi connectivity index (χ2v) is 5.84. The number of esters is 1. The molecule has 0 aromatic heterocycles. The van der Waals surface area contributed by atoms with E-state index in [2.05, 4.69) is 11.8 Å². The van der Waals surface area contributed by atoms with Crippen LogP contribution in [-0.2, 0) is 15.1 Å². The van der Waals surface area contributed by atoms with Crippen LogP contribution in [-0.4, -0.2) is 36.6 Å². The average Bonchev–Trinajstić information content (AvgIpc) is 2.91. The van der Waals surface area contributed by atoms with E-state index in [1.54, 1.807) is 0 Å². The number of nitrogens with two attached hydrogens (primary N) is 1. The number of likely N-dealkylation sites (tertiary alicyclic amines) is 1. The molecular weight excluding hydrogens is 264 g/mol. The fraction of sp³-hybridized carbons (Fsp3) is 0.588. The van der Waals surface area contributed by atoms with Gasteiger partial charge in [0.15, 0.2) is 0 Å². The summed E-state index contributed by atoms with van der Waals surface area (Å²) in [4.78, 5) is 14.8. The summed E-state index contributed by atoms with van der Waals surface area (Å²) in [7, 11) is 0. The molecule has 0 spiro atoms. The zero-order valence-electron chi connectivity index (χ0n) is 13.0. The Morgan fingerprint density at radius 1 is 1.43 bits per heavy atom. The van der Waals surface area contributed by atoms with Crippen LogP contribution < -0.4 is 5.73 Å². The summed E-state index contributed by atoms with van der Waals surface area (Å²) < 4.78 is 5.22. The third kappa shape index (κ3) is 3.63. The highest BCUT2D eigenvalue weighted by Crippen LogP contribution is 2.26. The van der Waals surface area contributed by atoms with Crippen LogP contribution in [0.4, 0.5) is 0 Å². The minimum absolute atomic E-state index is 0.331. The summed E-state index contributed by atoms with van der Waals surface area (Å²) in [5.41, 5.74) is 6.24. The van der Waals surface area contributed by atoms with Crippen molar-refractivity contribution in [1.82, 2.24) is 4.90 Å². The number of nitrogens with zero attached hydrogens (tertiary/aromatic N) is 1. The minimum Gasteiger partial charge on any atom is -0.464 e. The predicted octanol–water partition coefficient (Wildman–Crippen LogP) is 2.28. The molecule has 0 bridgehead atoms. The molecule has 4 nitrogen and oxygen atoms in total. The lowest BCUT2D eigenvalue weighted by atomic mass is 9.87. The quantitative estimate of drug-likeness (QED) is 0.817. The lowest BCUT2D eigenvalue weighted by Crippen LogP contribution is -2.48. The third-order valence-corrected chi connectivity index (χ3v) is 4.41. The molecule has 21 heavy (non-hydrogen) atoms. The van der Waals surface area contributed by atoms with Crippen LogP contribution in [0.15, 0.2) is 30.3 Å². The molecule has 0 radical (unpaired) electrons. The second-order valence-electron chi connectivity index (χ2n) is 5.84. The van der Waals surface area contributed by atoms with E-state index in [1.807, 2.05) is 37.3 Å². The summed E-state index contributed by atoms with van der Waals surface area (Å²) in [6.07, 6.45) is 3.03. The summed E-state index contributed by atoms with van der Waals surface area (Å²) in [6, 6.07) is 10.1. The topological polar surface area (TPSA) is 55.6 Å². The zero-order chi connectivity index (χ0) is 15.3. The van der Waals surface area contributed by atoms with Crippen LogP contribution in [0, 0.1) is 0 Å². The Bertz CT molecular complexity index is 463. The molecule has 116 valence electrons. The van der Waals surface area contributed by atoms with Crippen molar-refractivity contribution in [2.45, 2.75) is 44.7 Å². The standard InChI is InChI=1S/C17H26N2O2/c1-3-21-16(20)17(18,15-9-5-4-6-10-15)11-13-19-12-7-8-14(19)2/h4-6,9-10,14H,3,7-8,11-13,18H2,1-2H3. The van der Waals surface area contributed by atoms with Gasteiger partial charge in [0.1, 0.15) is 5.54 Å². The Balaban J connectivity index is 2.14. The molecule has 0 saturated carbocycles. The maximum Gasteiger partial charge on any atom is 0.330 e. The van der Waals surface area contributed by atoms with E-state index in [4.69, 9.17) is 10.5 Å². The molecule has 2 atom stereocenters. The van der Waals surface area contributed by atoms with Gasteiger partial charge < -0.3 is 15.4 Å². The maximum absolute atomic E-state index is 12.4. The van der Waals surface area contributed by atoms with Gasteiger partial charge in [-0.25, -0.2) is 4.79 Å². The number of hydrogen-bond acceptors (Lipinski definition) is 4. The fourth-order valence-electron chi connectivity index (χ4n) is 3.00. The fourth-order valence-corrected chi connectivity index (χ4v) is 3.00. The first-order chi connectivity index (χ1) is 10.1. The summed E-state index contributed by atoms with van der Waals surface area (Å²) in [5.74, 6) is -0.331. The molecule has 1 aromatic carbocycles. The zero-order valence-corrected chi connectivity index (χ0v) is 13.0. The van der Waals surface area contributed by atoms with Gasteiger partial charge in [-0.05, 0) is 45.2 Å². The number of benzene rings is 1. The molecular formula is C17H26N2O2. The van der Waals surface area contributed by atoms with Crippen molar-refractivity contribution in [2.75, 3.05) is 19.7 Å². The van der Waals surface area contributed by atoms with Gasteiger partial charge in [0.05, 0.1) is 6.61 Å². The Labute approximate surface area is 127 Å². The van der Waals surface area contributed by atoms with Gasteiger partial charge in [-0.15, -0.1) is 0 Å². The first kappa shape index (κ1) is 16.0. The van der Waals surface area contributed by atoms with Crippen molar-refractivity contribution < 1.29 is 9.53 Å². The lowest BCUT2D eigenvalue weighted by molar-refractivity contribution is -0.150. The Morgan fingerprint density at radius 2 is 2.14 bits per heavy atom. The van der Waals surface area contributed by atoms with Gasteiger partial charge in [-0.2, -0.15) is 0 Å². The van der Waals surface area contributed by atoms with Gasteiger partial charge in [0.2, 0.25) is 0 Å². The number of hydrogen-bond donors (Lipinski definition) is 1. The molecule has 1 aliphatic heterocycles. The number of carbonyl (C=O) groups excluding carboxylic acids is 1. The van der Waals surface area contributed by atoms with E-state index in [0.29, 0.717) is 19.1 Å². The molecule has 2 N–H and O–H groups in total. The molecule has 1 saturated heterocycles. The second kappa shape index (κ2) is 7.05. The highest BCUT2D eigenvalue weighted by Gasteiger charge is 2.38. The molecule has 2 unspecified atom stereocenters. The molecule has 0 amide bonds.